The van der Waals surface area contributed by atoms with E-state index in [1.54, 1.807) is 12.1 Å². The van der Waals surface area contributed by atoms with Gasteiger partial charge in [0.15, 0.2) is 0 Å². The summed E-state index contributed by atoms with van der Waals surface area (Å²) >= 11 is 0. The highest BCUT2D eigenvalue weighted by atomic mass is 16.6. The second-order valence-corrected chi connectivity index (χ2v) is 3.63. The quantitative estimate of drug-likeness (QED) is 0.758. The zero-order valence-corrected chi connectivity index (χ0v) is 9.31. The van der Waals surface area contributed by atoms with Crippen LogP contribution in [0.4, 0.5) is 5.69 Å². The zero-order valence-electron chi connectivity index (χ0n) is 9.31. The van der Waals surface area contributed by atoms with Gasteiger partial charge in [-0.2, -0.15) is 0 Å². The minimum atomic E-state index is -0.276. The molecule has 2 rings (SSSR count). The maximum atomic E-state index is 11.6. The lowest BCUT2D eigenvalue weighted by molar-refractivity contribution is -0.122. The van der Waals surface area contributed by atoms with Crippen molar-refractivity contribution in [2.45, 2.75) is 6.54 Å². The number of benzene rings is 1. The molecule has 0 saturated heterocycles. The van der Waals surface area contributed by atoms with Gasteiger partial charge in [0.1, 0.15) is 19.5 Å². The van der Waals surface area contributed by atoms with Crippen LogP contribution in [0.2, 0.25) is 0 Å². The van der Waals surface area contributed by atoms with Gasteiger partial charge in [-0.05, 0) is 17.7 Å². The summed E-state index contributed by atoms with van der Waals surface area (Å²) in [5.74, 6) is -0.0618. The van der Waals surface area contributed by atoms with E-state index in [0.29, 0.717) is 25.4 Å². The molecule has 0 radical (unpaired) electrons. The zero-order chi connectivity index (χ0) is 12.1. The van der Waals surface area contributed by atoms with Crippen LogP contribution in [0.1, 0.15) is 5.56 Å². The van der Waals surface area contributed by atoms with Crippen molar-refractivity contribution < 1.29 is 14.3 Å². The molecule has 0 fully saturated rings. The molecule has 0 spiro atoms. The van der Waals surface area contributed by atoms with Gasteiger partial charge in [-0.15, -0.1) is 0 Å². The Kier molecular flexibility index (Phi) is 3.49. The van der Waals surface area contributed by atoms with E-state index < -0.39 is 0 Å². The molecule has 0 bridgehead atoms. The third-order valence-electron chi connectivity index (χ3n) is 2.31. The number of hydrogen-bond donors (Lipinski definition) is 2. The van der Waals surface area contributed by atoms with Crippen molar-refractivity contribution in [1.82, 2.24) is 5.32 Å². The van der Waals surface area contributed by atoms with E-state index in [1.165, 1.54) is 6.26 Å². The maximum Gasteiger partial charge on any atom is 0.289 e. The van der Waals surface area contributed by atoms with Crippen LogP contribution in [0.3, 0.4) is 0 Å². The molecule has 1 aliphatic rings. The molecule has 1 aliphatic heterocycles. The predicted octanol–water partition coefficient (Wildman–Crippen LogP) is 0.773. The van der Waals surface area contributed by atoms with Gasteiger partial charge < -0.3 is 20.5 Å². The first-order valence-electron chi connectivity index (χ1n) is 5.33. The van der Waals surface area contributed by atoms with Gasteiger partial charge in [0.2, 0.25) is 5.76 Å². The summed E-state index contributed by atoms with van der Waals surface area (Å²) in [6, 6.07) is 7.31. The molecule has 5 nitrogen and oxygen atoms in total. The fourth-order valence-corrected chi connectivity index (χ4v) is 1.39. The minimum absolute atomic E-state index is 0.215. The van der Waals surface area contributed by atoms with Gasteiger partial charge in [-0.1, -0.05) is 12.1 Å². The number of nitrogens with two attached hydrogens (primary N) is 1. The first kappa shape index (κ1) is 11.3. The lowest BCUT2D eigenvalue weighted by Crippen LogP contribution is -2.27. The van der Waals surface area contributed by atoms with Crippen LogP contribution in [0.15, 0.2) is 36.3 Å². The highest BCUT2D eigenvalue weighted by Crippen LogP contribution is 2.07. The predicted molar refractivity (Wildman–Crippen MR) is 62.7 cm³/mol. The van der Waals surface area contributed by atoms with Crippen molar-refractivity contribution in [3.05, 3.63) is 41.9 Å². The van der Waals surface area contributed by atoms with Crippen molar-refractivity contribution in [2.24, 2.45) is 0 Å². The van der Waals surface area contributed by atoms with Gasteiger partial charge in [0.05, 0.1) is 0 Å². The van der Waals surface area contributed by atoms with Crippen molar-refractivity contribution in [3.8, 4) is 0 Å². The number of nitrogens with one attached hydrogen (secondary N) is 1. The summed E-state index contributed by atoms with van der Waals surface area (Å²) in [5.41, 5.74) is 7.24. The Bertz CT molecular complexity index is 426. The van der Waals surface area contributed by atoms with Crippen LogP contribution >= 0.6 is 0 Å². The summed E-state index contributed by atoms with van der Waals surface area (Å²) in [6.45, 7) is 1.32. The number of hydrogen-bond acceptors (Lipinski definition) is 4. The molecule has 1 aromatic rings. The molecule has 1 amide bonds. The van der Waals surface area contributed by atoms with E-state index in [0.717, 1.165) is 5.56 Å². The second kappa shape index (κ2) is 5.25. The van der Waals surface area contributed by atoms with Crippen LogP contribution in [-0.4, -0.2) is 19.1 Å². The van der Waals surface area contributed by atoms with E-state index in [2.05, 4.69) is 5.32 Å². The van der Waals surface area contributed by atoms with Gasteiger partial charge >= 0.3 is 0 Å². The minimum Gasteiger partial charge on any atom is -0.494 e. The lowest BCUT2D eigenvalue weighted by atomic mass is 10.2. The third kappa shape index (κ3) is 3.14. The Labute approximate surface area is 99.2 Å². The first-order valence-corrected chi connectivity index (χ1v) is 5.33. The monoisotopic (exact) mass is 234 g/mol. The second-order valence-electron chi connectivity index (χ2n) is 3.63. The van der Waals surface area contributed by atoms with E-state index in [4.69, 9.17) is 15.2 Å². The molecule has 1 heterocycles. The largest absolute Gasteiger partial charge is 0.494 e. The number of ether oxygens (including phenoxy) is 2. The maximum absolute atomic E-state index is 11.6. The number of anilines is 1. The molecule has 17 heavy (non-hydrogen) atoms. The molecule has 1 aromatic carbocycles. The van der Waals surface area contributed by atoms with E-state index in [-0.39, 0.29) is 11.7 Å². The number of amides is 1. The summed E-state index contributed by atoms with van der Waals surface area (Å²) < 4.78 is 10.2. The topological polar surface area (TPSA) is 73.6 Å². The molecule has 90 valence electrons. The van der Waals surface area contributed by atoms with Crippen LogP contribution in [-0.2, 0) is 20.8 Å². The normalized spacial score (nSPS) is 14.2. The molecule has 0 saturated carbocycles. The number of carbonyl (C=O) groups is 1. The number of rotatable bonds is 3. The Morgan fingerprint density at radius 3 is 2.71 bits per heavy atom. The highest BCUT2D eigenvalue weighted by Gasteiger charge is 2.14. The fourth-order valence-electron chi connectivity index (χ4n) is 1.39. The van der Waals surface area contributed by atoms with Crippen molar-refractivity contribution in [1.29, 1.82) is 0 Å². The summed E-state index contributed by atoms with van der Waals surface area (Å²) in [5, 5.41) is 2.74. The Balaban J connectivity index is 1.87. The molecule has 0 aliphatic carbocycles. The molecular weight excluding hydrogens is 220 g/mol. The highest BCUT2D eigenvalue weighted by molar-refractivity contribution is 5.91. The Morgan fingerprint density at radius 2 is 2.06 bits per heavy atom. The SMILES string of the molecule is Nc1ccc(CNC(=O)C2=COCCO2)cc1. The van der Waals surface area contributed by atoms with E-state index in [9.17, 15) is 4.79 Å². The first-order chi connectivity index (χ1) is 8.25. The molecular formula is C12H14N2O3. The van der Waals surface area contributed by atoms with E-state index >= 15 is 0 Å². The molecule has 5 heteroatoms. The van der Waals surface area contributed by atoms with Crippen molar-refractivity contribution in [3.63, 3.8) is 0 Å². The fraction of sp³-hybridized carbons (Fsp3) is 0.250. The molecule has 0 atom stereocenters. The molecule has 0 aromatic heterocycles. The third-order valence-corrected chi connectivity index (χ3v) is 2.31. The van der Waals surface area contributed by atoms with Gasteiger partial charge in [0.25, 0.3) is 5.91 Å². The van der Waals surface area contributed by atoms with Gasteiger partial charge in [-0.25, -0.2) is 0 Å². The average Bonchev–Trinajstić information content (AvgIpc) is 2.39. The Hall–Kier alpha value is -2.17. The van der Waals surface area contributed by atoms with Crippen molar-refractivity contribution in [2.75, 3.05) is 18.9 Å². The summed E-state index contributed by atoms with van der Waals surface area (Å²) in [4.78, 5) is 11.6. The van der Waals surface area contributed by atoms with Gasteiger partial charge in [-0.3, -0.25) is 4.79 Å². The summed E-state index contributed by atoms with van der Waals surface area (Å²) in [7, 11) is 0. The standard InChI is InChI=1S/C12H14N2O3/c13-10-3-1-9(2-4-10)7-14-12(15)11-8-16-5-6-17-11/h1-4,8H,5-7,13H2,(H,14,15). The van der Waals surface area contributed by atoms with Crippen LogP contribution in [0.25, 0.3) is 0 Å². The smallest absolute Gasteiger partial charge is 0.289 e. The average molecular weight is 234 g/mol. The number of nitrogen functional groups attached to an aromatic ring is 1. The lowest BCUT2D eigenvalue weighted by Gasteiger charge is -2.15. The van der Waals surface area contributed by atoms with Crippen molar-refractivity contribution >= 4 is 11.6 Å². The summed E-state index contributed by atoms with van der Waals surface area (Å²) in [6.07, 6.45) is 1.34. The molecule has 0 unspecified atom stereocenters. The van der Waals surface area contributed by atoms with Crippen LogP contribution in [0, 0.1) is 0 Å². The Morgan fingerprint density at radius 1 is 1.29 bits per heavy atom. The van der Waals surface area contributed by atoms with Gasteiger partial charge in [0, 0.05) is 12.2 Å². The number of carbonyl (C=O) groups excluding carboxylic acids is 1. The van der Waals surface area contributed by atoms with E-state index in [1.807, 2.05) is 12.1 Å². The van der Waals surface area contributed by atoms with Crippen LogP contribution in [0.5, 0.6) is 0 Å². The van der Waals surface area contributed by atoms with Crippen LogP contribution < -0.4 is 11.1 Å². The molecule has 3 N–H and O–H groups in total.